The Bertz CT molecular complexity index is 497. The number of anilines is 1. The number of carbonyl (C=O) groups excluding carboxylic acids is 1. The van der Waals surface area contributed by atoms with Crippen molar-refractivity contribution in [2.45, 2.75) is 19.0 Å². The van der Waals surface area contributed by atoms with E-state index in [1.807, 2.05) is 0 Å². The van der Waals surface area contributed by atoms with Crippen molar-refractivity contribution in [2.75, 3.05) is 37.6 Å². The third-order valence-electron chi connectivity index (χ3n) is 3.48. The predicted octanol–water partition coefficient (Wildman–Crippen LogP) is 0.883. The van der Waals surface area contributed by atoms with Crippen LogP contribution < -0.4 is 10.6 Å². The van der Waals surface area contributed by atoms with Gasteiger partial charge in [-0.1, -0.05) is 0 Å². The number of hydrogen-bond donors (Lipinski definition) is 1. The van der Waals surface area contributed by atoms with E-state index >= 15 is 0 Å². The van der Waals surface area contributed by atoms with E-state index in [1.165, 1.54) is 0 Å². The van der Waals surface area contributed by atoms with E-state index in [1.54, 1.807) is 9.80 Å². The number of alkyl halides is 3. The summed E-state index contributed by atoms with van der Waals surface area (Å²) in [5.41, 5.74) is 4.50. The molecule has 2 N–H and O–H groups in total. The average Bonchev–Trinajstić information content (AvgIpc) is 2.52. The summed E-state index contributed by atoms with van der Waals surface area (Å²) in [7, 11) is 0. The lowest BCUT2D eigenvalue weighted by Crippen LogP contribution is -2.49. The molecule has 1 aliphatic heterocycles. The van der Waals surface area contributed by atoms with E-state index in [0.29, 0.717) is 45.6 Å². The monoisotopic (exact) mass is 317 g/mol. The van der Waals surface area contributed by atoms with E-state index in [4.69, 9.17) is 5.73 Å². The maximum atomic E-state index is 12.5. The third kappa shape index (κ3) is 4.06. The second kappa shape index (κ2) is 6.91. The van der Waals surface area contributed by atoms with Gasteiger partial charge in [0.1, 0.15) is 0 Å². The highest BCUT2D eigenvalue weighted by Crippen LogP contribution is 2.28. The van der Waals surface area contributed by atoms with Gasteiger partial charge in [0.2, 0.25) is 11.9 Å². The number of nitrogens with two attached hydrogens (primary N) is 1. The van der Waals surface area contributed by atoms with Gasteiger partial charge in [-0.15, -0.1) is 0 Å². The van der Waals surface area contributed by atoms with Gasteiger partial charge >= 0.3 is 6.18 Å². The summed E-state index contributed by atoms with van der Waals surface area (Å²) in [6, 6.07) is 0. The van der Waals surface area contributed by atoms with Gasteiger partial charge in [-0.05, 0) is 13.0 Å². The first kappa shape index (κ1) is 16.5. The molecule has 0 aliphatic carbocycles. The number of rotatable bonds is 4. The fraction of sp³-hybridized carbons (Fsp3) is 0.615. The van der Waals surface area contributed by atoms with Crippen LogP contribution in [0.4, 0.5) is 19.1 Å². The summed E-state index contributed by atoms with van der Waals surface area (Å²) in [6.07, 6.45) is -1.80. The van der Waals surface area contributed by atoms with Crippen LogP contribution in [0, 0.1) is 0 Å². The van der Waals surface area contributed by atoms with Gasteiger partial charge in [0.25, 0.3) is 0 Å². The molecule has 1 aliphatic rings. The van der Waals surface area contributed by atoms with Crippen molar-refractivity contribution >= 4 is 11.9 Å². The summed E-state index contributed by atoms with van der Waals surface area (Å²) in [5.74, 6) is 0.306. The molecule has 1 aromatic heterocycles. The van der Waals surface area contributed by atoms with Crippen LogP contribution in [0.2, 0.25) is 0 Å². The van der Waals surface area contributed by atoms with E-state index in [0.717, 1.165) is 12.4 Å². The molecule has 0 aromatic carbocycles. The Morgan fingerprint density at radius 2 is 1.77 bits per heavy atom. The van der Waals surface area contributed by atoms with Crippen molar-refractivity contribution in [2.24, 2.45) is 5.73 Å². The van der Waals surface area contributed by atoms with Crippen molar-refractivity contribution in [3.05, 3.63) is 18.0 Å². The van der Waals surface area contributed by atoms with Crippen LogP contribution in [0.3, 0.4) is 0 Å². The molecule has 0 unspecified atom stereocenters. The van der Waals surface area contributed by atoms with Gasteiger partial charge in [-0.3, -0.25) is 4.79 Å². The molecule has 2 heterocycles. The third-order valence-corrected chi connectivity index (χ3v) is 3.48. The largest absolute Gasteiger partial charge is 0.419 e. The second-order valence-electron chi connectivity index (χ2n) is 5.03. The molecule has 1 saturated heterocycles. The summed E-state index contributed by atoms with van der Waals surface area (Å²) < 4.78 is 37.4. The molecule has 1 fully saturated rings. The van der Waals surface area contributed by atoms with Gasteiger partial charge in [0.15, 0.2) is 0 Å². The van der Waals surface area contributed by atoms with Crippen molar-refractivity contribution in [1.29, 1.82) is 0 Å². The zero-order valence-corrected chi connectivity index (χ0v) is 12.0. The smallest absolute Gasteiger partial charge is 0.339 e. The van der Waals surface area contributed by atoms with E-state index in [-0.39, 0.29) is 11.9 Å². The fourth-order valence-electron chi connectivity index (χ4n) is 2.20. The SMILES string of the molecule is NCCCC(=O)N1CCN(c2ncc(C(F)(F)F)cn2)CC1. The van der Waals surface area contributed by atoms with Crippen LogP contribution in [-0.4, -0.2) is 53.5 Å². The number of hydrogen-bond acceptors (Lipinski definition) is 5. The molecule has 6 nitrogen and oxygen atoms in total. The Labute approximate surface area is 126 Å². The minimum absolute atomic E-state index is 0.0541. The number of aromatic nitrogens is 2. The van der Waals surface area contributed by atoms with Crippen LogP contribution >= 0.6 is 0 Å². The molecular weight excluding hydrogens is 299 g/mol. The molecule has 9 heteroatoms. The summed E-state index contributed by atoms with van der Waals surface area (Å²) in [4.78, 5) is 22.9. The van der Waals surface area contributed by atoms with Gasteiger partial charge in [-0.2, -0.15) is 13.2 Å². The number of nitrogens with zero attached hydrogens (tertiary/aromatic N) is 4. The number of halogens is 3. The first-order valence-corrected chi connectivity index (χ1v) is 7.04. The van der Waals surface area contributed by atoms with Gasteiger partial charge in [0.05, 0.1) is 5.56 Å². The standard InChI is InChI=1S/C13H18F3N5O/c14-13(15,16)10-8-18-12(19-9-10)21-6-4-20(5-7-21)11(22)2-1-3-17/h8-9H,1-7,17H2. The first-order chi connectivity index (χ1) is 10.4. The Hall–Kier alpha value is -1.90. The molecule has 0 spiro atoms. The molecule has 0 bridgehead atoms. The minimum atomic E-state index is -4.44. The lowest BCUT2D eigenvalue weighted by atomic mass is 10.2. The summed E-state index contributed by atoms with van der Waals surface area (Å²) >= 11 is 0. The highest BCUT2D eigenvalue weighted by molar-refractivity contribution is 5.76. The number of piperazine rings is 1. The van der Waals surface area contributed by atoms with Gasteiger partial charge in [-0.25, -0.2) is 9.97 Å². The minimum Gasteiger partial charge on any atom is -0.339 e. The quantitative estimate of drug-likeness (QED) is 0.892. The average molecular weight is 317 g/mol. The molecule has 1 aromatic rings. The normalized spacial score (nSPS) is 16.0. The topological polar surface area (TPSA) is 75.4 Å². The predicted molar refractivity (Wildman–Crippen MR) is 74.1 cm³/mol. The molecule has 22 heavy (non-hydrogen) atoms. The highest BCUT2D eigenvalue weighted by Gasteiger charge is 2.32. The zero-order valence-electron chi connectivity index (χ0n) is 12.0. The Morgan fingerprint density at radius 1 is 1.18 bits per heavy atom. The van der Waals surface area contributed by atoms with Crippen molar-refractivity contribution in [3.63, 3.8) is 0 Å². The highest BCUT2D eigenvalue weighted by atomic mass is 19.4. The number of amides is 1. The van der Waals surface area contributed by atoms with Crippen LogP contribution in [-0.2, 0) is 11.0 Å². The Morgan fingerprint density at radius 3 is 2.27 bits per heavy atom. The molecule has 122 valence electrons. The van der Waals surface area contributed by atoms with Crippen molar-refractivity contribution < 1.29 is 18.0 Å². The second-order valence-corrected chi connectivity index (χ2v) is 5.03. The molecule has 2 rings (SSSR count). The van der Waals surface area contributed by atoms with Crippen molar-refractivity contribution in [1.82, 2.24) is 14.9 Å². The van der Waals surface area contributed by atoms with Crippen LogP contribution in [0.5, 0.6) is 0 Å². The van der Waals surface area contributed by atoms with E-state index in [2.05, 4.69) is 9.97 Å². The fourth-order valence-corrected chi connectivity index (χ4v) is 2.20. The van der Waals surface area contributed by atoms with Crippen LogP contribution in [0.15, 0.2) is 12.4 Å². The Balaban J connectivity index is 1.90. The van der Waals surface area contributed by atoms with Crippen LogP contribution in [0.25, 0.3) is 0 Å². The molecule has 1 amide bonds. The zero-order chi connectivity index (χ0) is 16.2. The molecule has 0 radical (unpaired) electrons. The number of carbonyl (C=O) groups is 1. The summed E-state index contributed by atoms with van der Waals surface area (Å²) in [6.45, 7) is 2.49. The van der Waals surface area contributed by atoms with Gasteiger partial charge in [0, 0.05) is 45.0 Å². The van der Waals surface area contributed by atoms with E-state index < -0.39 is 11.7 Å². The van der Waals surface area contributed by atoms with Crippen LogP contribution in [0.1, 0.15) is 18.4 Å². The molecular formula is C13H18F3N5O. The van der Waals surface area contributed by atoms with Gasteiger partial charge < -0.3 is 15.5 Å². The lowest BCUT2D eigenvalue weighted by molar-refractivity contribution is -0.138. The first-order valence-electron chi connectivity index (χ1n) is 7.04. The molecule has 0 saturated carbocycles. The maximum Gasteiger partial charge on any atom is 0.419 e. The Kier molecular flexibility index (Phi) is 5.17. The maximum absolute atomic E-state index is 12.5. The molecule has 0 atom stereocenters. The van der Waals surface area contributed by atoms with E-state index in [9.17, 15) is 18.0 Å². The van der Waals surface area contributed by atoms with Crippen molar-refractivity contribution in [3.8, 4) is 0 Å². The summed E-state index contributed by atoms with van der Waals surface area (Å²) in [5, 5.41) is 0. The lowest BCUT2D eigenvalue weighted by Gasteiger charge is -2.34.